The van der Waals surface area contributed by atoms with Gasteiger partial charge in [-0.15, -0.1) is 0 Å². The maximum atomic E-state index is 13.1. The highest BCUT2D eigenvalue weighted by molar-refractivity contribution is 6.06. The van der Waals surface area contributed by atoms with Crippen molar-refractivity contribution in [2.45, 2.75) is 19.5 Å². The van der Waals surface area contributed by atoms with Crippen LogP contribution in [0.1, 0.15) is 13.3 Å². The number of hydrogen-bond donors (Lipinski definition) is 1. The summed E-state index contributed by atoms with van der Waals surface area (Å²) in [6.45, 7) is 1.38. The highest BCUT2D eigenvalue weighted by Gasteiger charge is 2.42. The Morgan fingerprint density at radius 1 is 1.22 bits per heavy atom. The first-order valence-electron chi connectivity index (χ1n) is 7.91. The quantitative estimate of drug-likeness (QED) is 0.805. The molecule has 0 saturated carbocycles. The van der Waals surface area contributed by atoms with Crippen molar-refractivity contribution in [1.82, 2.24) is 5.32 Å². The predicted octanol–water partition coefficient (Wildman–Crippen LogP) is 4.01. The number of ether oxygens (including phenoxy) is 2. The van der Waals surface area contributed by atoms with Crippen LogP contribution in [0.2, 0.25) is 0 Å². The van der Waals surface area contributed by atoms with Gasteiger partial charge in [0.15, 0.2) is 11.5 Å². The van der Waals surface area contributed by atoms with E-state index < -0.39 is 24.5 Å². The van der Waals surface area contributed by atoms with Gasteiger partial charge >= 0.3 is 12.2 Å². The Labute approximate surface area is 152 Å². The Bertz CT molecular complexity index is 859. The van der Waals surface area contributed by atoms with Crippen LogP contribution in [-0.4, -0.2) is 18.6 Å². The first-order valence-corrected chi connectivity index (χ1v) is 7.91. The molecular formula is C18H15F3N2O4. The average molecular weight is 380 g/mol. The van der Waals surface area contributed by atoms with Crippen molar-refractivity contribution in [3.05, 3.63) is 54.1 Å². The molecule has 3 amide bonds. The third-order valence-electron chi connectivity index (χ3n) is 4.16. The van der Waals surface area contributed by atoms with E-state index in [1.807, 2.05) is 0 Å². The number of anilines is 1. The van der Waals surface area contributed by atoms with Crippen molar-refractivity contribution < 1.29 is 32.2 Å². The number of fused-ring (bicyclic) bond motifs is 1. The van der Waals surface area contributed by atoms with Crippen LogP contribution in [0.25, 0.3) is 0 Å². The minimum absolute atomic E-state index is 0.0697. The summed E-state index contributed by atoms with van der Waals surface area (Å²) in [6, 6.07) is 3.49. The second-order valence-electron chi connectivity index (χ2n) is 5.95. The second-order valence-corrected chi connectivity index (χ2v) is 5.95. The molecular weight excluding hydrogens is 365 g/mol. The van der Waals surface area contributed by atoms with E-state index in [2.05, 4.69) is 5.32 Å². The zero-order valence-electron chi connectivity index (χ0n) is 14.1. The number of nitrogens with zero attached hydrogens (tertiary/aromatic N) is 1. The minimum atomic E-state index is -4.42. The zero-order valence-corrected chi connectivity index (χ0v) is 14.1. The molecule has 1 aromatic carbocycles. The Morgan fingerprint density at radius 3 is 2.59 bits per heavy atom. The third-order valence-corrected chi connectivity index (χ3v) is 4.16. The molecule has 142 valence electrons. The first-order chi connectivity index (χ1) is 12.8. The zero-order chi connectivity index (χ0) is 19.6. The number of amides is 3. The van der Waals surface area contributed by atoms with E-state index in [-0.39, 0.29) is 23.4 Å². The van der Waals surface area contributed by atoms with Crippen LogP contribution in [-0.2, 0) is 4.79 Å². The van der Waals surface area contributed by atoms with Gasteiger partial charge in [-0.3, -0.25) is 4.79 Å². The smallest absolute Gasteiger partial charge is 0.395 e. The molecule has 0 saturated heterocycles. The normalized spacial score (nSPS) is 18.3. The summed E-state index contributed by atoms with van der Waals surface area (Å²) in [5, 5.41) is 2.36. The minimum Gasteiger partial charge on any atom is -0.458 e. The molecule has 1 unspecified atom stereocenters. The van der Waals surface area contributed by atoms with Crippen LogP contribution in [0.4, 0.5) is 23.7 Å². The number of halogens is 3. The number of benzene rings is 1. The number of alkyl halides is 3. The SMILES string of the molecule is CC1=CC=C(NC(=O)N(C=O)c2ccc3c(c2)OC=CO3)CC1C(F)(F)F. The molecule has 1 aliphatic carbocycles. The lowest BCUT2D eigenvalue weighted by Crippen LogP contribution is -2.40. The summed E-state index contributed by atoms with van der Waals surface area (Å²) in [7, 11) is 0. The number of rotatable bonds is 3. The molecule has 0 fully saturated rings. The molecule has 0 spiro atoms. The Hall–Kier alpha value is -3.23. The number of allylic oxidation sites excluding steroid dienone is 4. The van der Waals surface area contributed by atoms with E-state index >= 15 is 0 Å². The molecule has 1 heterocycles. The van der Waals surface area contributed by atoms with E-state index in [9.17, 15) is 22.8 Å². The van der Waals surface area contributed by atoms with Crippen LogP contribution in [0.15, 0.2) is 54.1 Å². The fraction of sp³-hybridized carbons (Fsp3) is 0.222. The molecule has 0 aromatic heterocycles. The van der Waals surface area contributed by atoms with Crippen molar-refractivity contribution in [1.29, 1.82) is 0 Å². The lowest BCUT2D eigenvalue weighted by Gasteiger charge is -2.26. The molecule has 1 atom stereocenters. The van der Waals surface area contributed by atoms with Gasteiger partial charge in [-0.05, 0) is 25.1 Å². The molecule has 1 aliphatic heterocycles. The number of carbonyl (C=O) groups excluding carboxylic acids is 2. The van der Waals surface area contributed by atoms with Crippen molar-refractivity contribution in [3.63, 3.8) is 0 Å². The van der Waals surface area contributed by atoms with Gasteiger partial charge in [-0.25, -0.2) is 9.69 Å². The number of urea groups is 1. The van der Waals surface area contributed by atoms with Crippen LogP contribution in [0.5, 0.6) is 11.5 Å². The second kappa shape index (κ2) is 7.18. The van der Waals surface area contributed by atoms with E-state index in [1.54, 1.807) is 0 Å². The topological polar surface area (TPSA) is 67.9 Å². The molecule has 6 nitrogen and oxygen atoms in total. The van der Waals surface area contributed by atoms with Gasteiger partial charge in [0.25, 0.3) is 0 Å². The van der Waals surface area contributed by atoms with E-state index in [1.165, 1.54) is 49.8 Å². The van der Waals surface area contributed by atoms with Gasteiger partial charge in [0, 0.05) is 18.2 Å². The van der Waals surface area contributed by atoms with Crippen molar-refractivity contribution in [3.8, 4) is 11.5 Å². The molecule has 2 aliphatic rings. The highest BCUT2D eigenvalue weighted by Crippen LogP contribution is 2.38. The summed E-state index contributed by atoms with van der Waals surface area (Å²) < 4.78 is 49.6. The summed E-state index contributed by atoms with van der Waals surface area (Å²) in [5.41, 5.74) is 0.406. The van der Waals surface area contributed by atoms with Gasteiger partial charge < -0.3 is 14.8 Å². The van der Waals surface area contributed by atoms with Crippen LogP contribution in [0, 0.1) is 5.92 Å². The van der Waals surface area contributed by atoms with Crippen molar-refractivity contribution in [2.24, 2.45) is 5.92 Å². The van der Waals surface area contributed by atoms with E-state index in [0.29, 0.717) is 11.5 Å². The Kier molecular flexibility index (Phi) is 4.93. The summed E-state index contributed by atoms with van der Waals surface area (Å²) in [5.74, 6) is -0.984. The number of nitrogens with one attached hydrogen (secondary N) is 1. The predicted molar refractivity (Wildman–Crippen MR) is 89.9 cm³/mol. The number of hydrogen-bond acceptors (Lipinski definition) is 4. The Balaban J connectivity index is 1.76. The fourth-order valence-electron chi connectivity index (χ4n) is 2.73. The molecule has 27 heavy (non-hydrogen) atoms. The number of imide groups is 1. The highest BCUT2D eigenvalue weighted by atomic mass is 19.4. The van der Waals surface area contributed by atoms with Crippen LogP contribution < -0.4 is 19.7 Å². The summed E-state index contributed by atoms with van der Waals surface area (Å²) in [4.78, 5) is 24.5. The summed E-state index contributed by atoms with van der Waals surface area (Å²) >= 11 is 0. The van der Waals surface area contributed by atoms with Gasteiger partial charge in [0.1, 0.15) is 12.5 Å². The fourth-order valence-corrected chi connectivity index (χ4v) is 2.73. The lowest BCUT2D eigenvalue weighted by atomic mass is 9.90. The largest absolute Gasteiger partial charge is 0.458 e. The molecule has 0 radical (unpaired) electrons. The Morgan fingerprint density at radius 2 is 1.93 bits per heavy atom. The van der Waals surface area contributed by atoms with E-state index in [4.69, 9.17) is 9.47 Å². The van der Waals surface area contributed by atoms with Crippen molar-refractivity contribution >= 4 is 18.1 Å². The maximum Gasteiger partial charge on any atom is 0.395 e. The standard InChI is InChI=1S/C18H15F3N2O4/c1-11-2-3-12(8-14(11)18(19,20)21)22-17(25)23(10-24)13-4-5-15-16(9-13)27-7-6-26-15/h2-7,9-10,14H,8H2,1H3,(H,22,25). The number of carbonyl (C=O) groups is 2. The van der Waals surface area contributed by atoms with Gasteiger partial charge in [-0.2, -0.15) is 13.2 Å². The summed E-state index contributed by atoms with van der Waals surface area (Å²) in [6.07, 6.45) is 0.758. The molecule has 1 N–H and O–H groups in total. The van der Waals surface area contributed by atoms with Gasteiger partial charge in [0.2, 0.25) is 6.41 Å². The molecule has 9 heteroatoms. The molecule has 0 bridgehead atoms. The van der Waals surface area contributed by atoms with Crippen LogP contribution >= 0.6 is 0 Å². The van der Waals surface area contributed by atoms with Gasteiger partial charge in [-0.1, -0.05) is 11.6 Å². The van der Waals surface area contributed by atoms with Crippen molar-refractivity contribution in [2.75, 3.05) is 4.90 Å². The monoisotopic (exact) mass is 380 g/mol. The van der Waals surface area contributed by atoms with Crippen LogP contribution in [0.3, 0.4) is 0 Å². The lowest BCUT2D eigenvalue weighted by molar-refractivity contribution is -0.164. The first kappa shape index (κ1) is 18.6. The third kappa shape index (κ3) is 3.97. The molecule has 1 aromatic rings. The van der Waals surface area contributed by atoms with Gasteiger partial charge in [0.05, 0.1) is 11.6 Å². The molecule has 3 rings (SSSR count). The van der Waals surface area contributed by atoms with E-state index in [0.717, 1.165) is 4.90 Å². The average Bonchev–Trinajstić information content (AvgIpc) is 2.63. The maximum absolute atomic E-state index is 13.1.